The third-order valence-electron chi connectivity index (χ3n) is 2.31. The van der Waals surface area contributed by atoms with Gasteiger partial charge in [-0.25, -0.2) is 9.67 Å². The van der Waals surface area contributed by atoms with Gasteiger partial charge in [-0.15, -0.1) is 0 Å². The Kier molecular flexibility index (Phi) is 1.79. The first-order chi connectivity index (χ1) is 6.16. The van der Waals surface area contributed by atoms with Crippen LogP contribution in [0.25, 0.3) is 0 Å². The van der Waals surface area contributed by atoms with Crippen LogP contribution >= 0.6 is 0 Å². The first kappa shape index (κ1) is 8.22. The van der Waals surface area contributed by atoms with Crippen molar-refractivity contribution in [1.29, 1.82) is 0 Å². The van der Waals surface area contributed by atoms with Crippen LogP contribution in [0.1, 0.15) is 18.1 Å². The van der Waals surface area contributed by atoms with E-state index < -0.39 is 5.97 Å². The fourth-order valence-electron chi connectivity index (χ4n) is 1.64. The highest BCUT2D eigenvalue weighted by Crippen LogP contribution is 2.18. The minimum Gasteiger partial charge on any atom is -0.481 e. The third kappa shape index (κ3) is 1.41. The Balaban J connectivity index is 2.24. The van der Waals surface area contributed by atoms with Crippen LogP contribution in [0.4, 0.5) is 0 Å². The van der Waals surface area contributed by atoms with Crippen LogP contribution in [0, 0.1) is 12.8 Å². The van der Waals surface area contributed by atoms with Gasteiger partial charge in [0, 0.05) is 6.42 Å². The molecule has 1 N–H and O–H groups in total. The number of nitrogens with zero attached hydrogens (tertiary/aromatic N) is 3. The van der Waals surface area contributed by atoms with E-state index in [0.29, 0.717) is 13.0 Å². The van der Waals surface area contributed by atoms with Crippen molar-refractivity contribution in [2.24, 2.45) is 5.92 Å². The lowest BCUT2D eigenvalue weighted by Gasteiger charge is -2.18. The average Bonchev–Trinajstić information content (AvgIpc) is 2.42. The van der Waals surface area contributed by atoms with Crippen LogP contribution in [-0.4, -0.2) is 25.8 Å². The van der Waals surface area contributed by atoms with E-state index in [9.17, 15) is 4.79 Å². The van der Waals surface area contributed by atoms with Gasteiger partial charge in [-0.2, -0.15) is 5.10 Å². The monoisotopic (exact) mass is 181 g/mol. The zero-order valence-electron chi connectivity index (χ0n) is 7.40. The number of carbonyl (C=O) groups is 1. The fraction of sp³-hybridized carbons (Fsp3) is 0.625. The van der Waals surface area contributed by atoms with Gasteiger partial charge < -0.3 is 5.11 Å². The molecular weight excluding hydrogens is 170 g/mol. The number of rotatable bonds is 1. The fourth-order valence-corrected chi connectivity index (χ4v) is 1.64. The van der Waals surface area contributed by atoms with Gasteiger partial charge in [0.2, 0.25) is 0 Å². The molecular formula is C8H11N3O2. The molecule has 2 heterocycles. The zero-order valence-corrected chi connectivity index (χ0v) is 7.40. The van der Waals surface area contributed by atoms with Crippen LogP contribution in [0.15, 0.2) is 0 Å². The molecule has 1 aromatic heterocycles. The van der Waals surface area contributed by atoms with E-state index in [1.807, 2.05) is 6.92 Å². The highest BCUT2D eigenvalue weighted by molar-refractivity contribution is 5.70. The summed E-state index contributed by atoms with van der Waals surface area (Å²) in [5.41, 5.74) is 0. The SMILES string of the molecule is Cc1nc2n(n1)CC(C(=O)O)CC2. The van der Waals surface area contributed by atoms with E-state index in [2.05, 4.69) is 10.1 Å². The summed E-state index contributed by atoms with van der Waals surface area (Å²) in [5.74, 6) is 0.600. The number of carboxylic acids is 1. The number of fused-ring (bicyclic) bond motifs is 1. The van der Waals surface area contributed by atoms with E-state index >= 15 is 0 Å². The number of aliphatic carboxylic acids is 1. The molecule has 1 aliphatic rings. The van der Waals surface area contributed by atoms with Gasteiger partial charge >= 0.3 is 5.97 Å². The second kappa shape index (κ2) is 2.83. The predicted molar refractivity (Wildman–Crippen MR) is 44.2 cm³/mol. The predicted octanol–water partition coefficient (Wildman–Crippen LogP) is 0.234. The minimum atomic E-state index is -0.737. The van der Waals surface area contributed by atoms with Crippen molar-refractivity contribution in [2.45, 2.75) is 26.3 Å². The molecule has 0 radical (unpaired) electrons. The van der Waals surface area contributed by atoms with E-state index in [1.54, 1.807) is 4.68 Å². The summed E-state index contributed by atoms with van der Waals surface area (Å²) in [5, 5.41) is 12.9. The summed E-state index contributed by atoms with van der Waals surface area (Å²) in [6.45, 7) is 2.28. The zero-order chi connectivity index (χ0) is 9.42. The lowest BCUT2D eigenvalue weighted by Crippen LogP contribution is -2.27. The molecule has 5 nitrogen and oxygen atoms in total. The topological polar surface area (TPSA) is 68.0 Å². The summed E-state index contributed by atoms with van der Waals surface area (Å²) >= 11 is 0. The van der Waals surface area contributed by atoms with Crippen LogP contribution in [0.2, 0.25) is 0 Å². The third-order valence-corrected chi connectivity index (χ3v) is 2.31. The molecule has 2 rings (SSSR count). The number of aryl methyl sites for hydroxylation is 2. The molecule has 70 valence electrons. The second-order valence-electron chi connectivity index (χ2n) is 3.33. The number of hydrogen-bond donors (Lipinski definition) is 1. The van der Waals surface area contributed by atoms with Crippen molar-refractivity contribution >= 4 is 5.97 Å². The summed E-state index contributed by atoms with van der Waals surface area (Å²) in [7, 11) is 0. The van der Waals surface area contributed by atoms with Crippen molar-refractivity contribution in [3.05, 3.63) is 11.6 Å². The molecule has 5 heteroatoms. The van der Waals surface area contributed by atoms with Crippen molar-refractivity contribution in [3.8, 4) is 0 Å². The van der Waals surface area contributed by atoms with Crippen LogP contribution < -0.4 is 0 Å². The van der Waals surface area contributed by atoms with Gasteiger partial charge in [0.05, 0.1) is 12.5 Å². The van der Waals surface area contributed by atoms with Gasteiger partial charge in [0.25, 0.3) is 0 Å². The maximum Gasteiger partial charge on any atom is 0.308 e. The standard InChI is InChI=1S/C8H11N3O2/c1-5-9-7-3-2-6(8(12)13)4-11(7)10-5/h6H,2-4H2,1H3,(H,12,13). The molecule has 0 fully saturated rings. The molecule has 0 aromatic carbocycles. The summed E-state index contributed by atoms with van der Waals surface area (Å²) in [6, 6.07) is 0. The smallest absolute Gasteiger partial charge is 0.308 e. The maximum absolute atomic E-state index is 10.7. The number of hydrogen-bond acceptors (Lipinski definition) is 3. The van der Waals surface area contributed by atoms with Crippen molar-refractivity contribution in [2.75, 3.05) is 0 Å². The molecule has 1 atom stereocenters. The maximum atomic E-state index is 10.7. The van der Waals surface area contributed by atoms with Crippen molar-refractivity contribution in [1.82, 2.24) is 14.8 Å². The quantitative estimate of drug-likeness (QED) is 0.673. The normalized spacial score (nSPS) is 21.2. The molecule has 0 saturated heterocycles. The highest BCUT2D eigenvalue weighted by Gasteiger charge is 2.25. The minimum absolute atomic E-state index is 0.298. The van der Waals surface area contributed by atoms with Crippen LogP contribution in [-0.2, 0) is 17.8 Å². The Morgan fingerprint density at radius 1 is 1.69 bits per heavy atom. The molecule has 0 spiro atoms. The number of aromatic nitrogens is 3. The summed E-state index contributed by atoms with van der Waals surface area (Å²) in [4.78, 5) is 14.9. The Labute approximate surface area is 75.4 Å². The Bertz CT molecular complexity index is 345. The Morgan fingerprint density at radius 2 is 2.46 bits per heavy atom. The molecule has 0 aliphatic carbocycles. The first-order valence-corrected chi connectivity index (χ1v) is 4.30. The van der Waals surface area contributed by atoms with Crippen molar-refractivity contribution < 1.29 is 9.90 Å². The van der Waals surface area contributed by atoms with Gasteiger partial charge in [0.1, 0.15) is 11.6 Å². The van der Waals surface area contributed by atoms with E-state index in [-0.39, 0.29) is 5.92 Å². The lowest BCUT2D eigenvalue weighted by atomic mass is 10.0. The van der Waals surface area contributed by atoms with E-state index in [1.165, 1.54) is 0 Å². The summed E-state index contributed by atoms with van der Waals surface area (Å²) in [6.07, 6.45) is 1.39. The molecule has 0 saturated carbocycles. The number of carboxylic acid groups (broad SMARTS) is 1. The Morgan fingerprint density at radius 3 is 3.15 bits per heavy atom. The van der Waals surface area contributed by atoms with Gasteiger partial charge in [-0.3, -0.25) is 4.79 Å². The Hall–Kier alpha value is -1.39. The summed E-state index contributed by atoms with van der Waals surface area (Å²) < 4.78 is 1.71. The average molecular weight is 181 g/mol. The highest BCUT2D eigenvalue weighted by atomic mass is 16.4. The van der Waals surface area contributed by atoms with E-state index in [4.69, 9.17) is 5.11 Å². The van der Waals surface area contributed by atoms with Crippen LogP contribution in [0.3, 0.4) is 0 Å². The van der Waals surface area contributed by atoms with Gasteiger partial charge in [0.15, 0.2) is 0 Å². The molecule has 0 bridgehead atoms. The van der Waals surface area contributed by atoms with E-state index in [0.717, 1.165) is 18.1 Å². The molecule has 1 aliphatic heterocycles. The first-order valence-electron chi connectivity index (χ1n) is 4.30. The van der Waals surface area contributed by atoms with Crippen LogP contribution in [0.5, 0.6) is 0 Å². The molecule has 0 amide bonds. The molecule has 13 heavy (non-hydrogen) atoms. The molecule has 1 unspecified atom stereocenters. The second-order valence-corrected chi connectivity index (χ2v) is 3.33. The molecule has 1 aromatic rings. The van der Waals surface area contributed by atoms with Crippen molar-refractivity contribution in [3.63, 3.8) is 0 Å². The lowest BCUT2D eigenvalue weighted by molar-refractivity contribution is -0.142. The van der Waals surface area contributed by atoms with Gasteiger partial charge in [-0.1, -0.05) is 0 Å². The largest absolute Gasteiger partial charge is 0.481 e. The van der Waals surface area contributed by atoms with Gasteiger partial charge in [-0.05, 0) is 13.3 Å².